The topological polar surface area (TPSA) is 12.0 Å². The molecule has 0 aliphatic rings. The second kappa shape index (κ2) is 6.97. The second-order valence-corrected chi connectivity index (χ2v) is 5.53. The van der Waals surface area contributed by atoms with Crippen molar-refractivity contribution in [3.63, 3.8) is 0 Å². The van der Waals surface area contributed by atoms with Crippen LogP contribution in [0.3, 0.4) is 0 Å². The molecule has 0 saturated heterocycles. The Morgan fingerprint density at radius 3 is 2.59 bits per heavy atom. The highest BCUT2D eigenvalue weighted by molar-refractivity contribution is 6.30. The molecule has 0 bridgehead atoms. The van der Waals surface area contributed by atoms with E-state index >= 15 is 0 Å². The molecule has 1 rings (SSSR count). The lowest BCUT2D eigenvalue weighted by Crippen LogP contribution is -2.26. The molecular weight excluding hydrogens is 237 g/mol. The molecule has 1 aromatic carbocycles. The summed E-state index contributed by atoms with van der Waals surface area (Å²) in [6.07, 6.45) is 0.720. The normalized spacial score (nSPS) is 13.1. The van der Waals surface area contributed by atoms with Crippen molar-refractivity contribution in [1.82, 2.24) is 5.32 Å². The number of nitrogens with one attached hydrogen (secondary N) is 1. The maximum atomic E-state index is 13.5. The van der Waals surface area contributed by atoms with Crippen molar-refractivity contribution < 1.29 is 4.39 Å². The Bertz CT molecular complexity index is 352. The number of halogens is 2. The minimum absolute atomic E-state index is 0.162. The van der Waals surface area contributed by atoms with Crippen molar-refractivity contribution in [2.45, 2.75) is 27.2 Å². The van der Waals surface area contributed by atoms with Gasteiger partial charge >= 0.3 is 0 Å². The van der Waals surface area contributed by atoms with E-state index in [0.29, 0.717) is 22.4 Å². The van der Waals surface area contributed by atoms with Crippen molar-refractivity contribution in [3.05, 3.63) is 34.6 Å². The van der Waals surface area contributed by atoms with Gasteiger partial charge in [0.2, 0.25) is 0 Å². The lowest BCUT2D eigenvalue weighted by Gasteiger charge is -2.14. The van der Waals surface area contributed by atoms with Crippen LogP contribution in [0.15, 0.2) is 18.2 Å². The first-order valence-corrected chi connectivity index (χ1v) is 6.51. The molecule has 0 amide bonds. The number of benzene rings is 1. The molecule has 0 fully saturated rings. The van der Waals surface area contributed by atoms with E-state index in [1.165, 1.54) is 6.07 Å². The fourth-order valence-electron chi connectivity index (χ4n) is 1.77. The summed E-state index contributed by atoms with van der Waals surface area (Å²) in [5.41, 5.74) is 0.705. The van der Waals surface area contributed by atoms with Crippen LogP contribution in [0, 0.1) is 17.7 Å². The Morgan fingerprint density at radius 2 is 1.94 bits per heavy atom. The molecule has 17 heavy (non-hydrogen) atoms. The molecule has 1 unspecified atom stereocenters. The molecule has 0 aromatic heterocycles. The Kier molecular flexibility index (Phi) is 5.93. The molecule has 1 atom stereocenters. The lowest BCUT2D eigenvalue weighted by atomic mass is 10.0. The molecule has 1 nitrogen and oxygen atoms in total. The molecule has 1 N–H and O–H groups in total. The van der Waals surface area contributed by atoms with Crippen LogP contribution in [-0.4, -0.2) is 13.1 Å². The zero-order chi connectivity index (χ0) is 12.8. The summed E-state index contributed by atoms with van der Waals surface area (Å²) >= 11 is 5.86. The van der Waals surface area contributed by atoms with Gasteiger partial charge in [0.1, 0.15) is 5.82 Å². The summed E-state index contributed by atoms with van der Waals surface area (Å²) in [5.74, 6) is 0.886. The van der Waals surface area contributed by atoms with Crippen LogP contribution in [0.2, 0.25) is 5.02 Å². The van der Waals surface area contributed by atoms with Gasteiger partial charge in [-0.05, 0) is 55.1 Å². The standard InChI is InChI=1S/C14H21ClFN/c1-10(2)8-17-9-11(3)6-12-7-13(15)4-5-14(12)16/h4-5,7,10-11,17H,6,8-9H2,1-3H3. The van der Waals surface area contributed by atoms with E-state index < -0.39 is 0 Å². The van der Waals surface area contributed by atoms with Crippen LogP contribution < -0.4 is 5.32 Å². The average Bonchev–Trinajstić information content (AvgIpc) is 2.23. The fourth-order valence-corrected chi connectivity index (χ4v) is 1.96. The quantitative estimate of drug-likeness (QED) is 0.815. The summed E-state index contributed by atoms with van der Waals surface area (Å²) in [6.45, 7) is 8.38. The van der Waals surface area contributed by atoms with Gasteiger partial charge in [-0.3, -0.25) is 0 Å². The molecule has 0 radical (unpaired) electrons. The minimum atomic E-state index is -0.162. The zero-order valence-electron chi connectivity index (χ0n) is 10.8. The van der Waals surface area contributed by atoms with Crippen molar-refractivity contribution in [3.8, 4) is 0 Å². The third kappa shape index (κ3) is 5.51. The Balaban J connectivity index is 2.44. The van der Waals surface area contributed by atoms with Crippen molar-refractivity contribution in [1.29, 1.82) is 0 Å². The van der Waals surface area contributed by atoms with Crippen LogP contribution in [0.25, 0.3) is 0 Å². The predicted octanol–water partition coefficient (Wildman–Crippen LogP) is 3.90. The molecule has 0 spiro atoms. The summed E-state index contributed by atoms with van der Waals surface area (Å²) in [7, 11) is 0. The maximum absolute atomic E-state index is 13.5. The number of rotatable bonds is 6. The van der Waals surface area contributed by atoms with Gasteiger partial charge in [0.15, 0.2) is 0 Å². The summed E-state index contributed by atoms with van der Waals surface area (Å²) < 4.78 is 13.5. The number of hydrogen-bond donors (Lipinski definition) is 1. The average molecular weight is 258 g/mol. The van der Waals surface area contributed by atoms with Crippen molar-refractivity contribution in [2.75, 3.05) is 13.1 Å². The van der Waals surface area contributed by atoms with E-state index in [1.807, 2.05) is 0 Å². The van der Waals surface area contributed by atoms with E-state index in [9.17, 15) is 4.39 Å². The largest absolute Gasteiger partial charge is 0.316 e. The molecule has 0 heterocycles. The molecule has 3 heteroatoms. The Labute approximate surface area is 108 Å². The van der Waals surface area contributed by atoms with Crippen LogP contribution in [0.5, 0.6) is 0 Å². The maximum Gasteiger partial charge on any atom is 0.126 e. The number of hydrogen-bond acceptors (Lipinski definition) is 1. The fraction of sp³-hybridized carbons (Fsp3) is 0.571. The highest BCUT2D eigenvalue weighted by Crippen LogP contribution is 2.17. The highest BCUT2D eigenvalue weighted by atomic mass is 35.5. The van der Waals surface area contributed by atoms with Gasteiger partial charge in [0, 0.05) is 5.02 Å². The van der Waals surface area contributed by atoms with E-state index in [1.54, 1.807) is 12.1 Å². The van der Waals surface area contributed by atoms with Crippen LogP contribution >= 0.6 is 11.6 Å². The van der Waals surface area contributed by atoms with Crippen molar-refractivity contribution in [2.24, 2.45) is 11.8 Å². The minimum Gasteiger partial charge on any atom is -0.316 e. The zero-order valence-corrected chi connectivity index (χ0v) is 11.5. The Hall–Kier alpha value is -0.600. The molecule has 1 aromatic rings. The van der Waals surface area contributed by atoms with Crippen LogP contribution in [-0.2, 0) is 6.42 Å². The lowest BCUT2D eigenvalue weighted by molar-refractivity contribution is 0.466. The van der Waals surface area contributed by atoms with E-state index in [-0.39, 0.29) is 5.82 Å². The SMILES string of the molecule is CC(C)CNCC(C)Cc1cc(Cl)ccc1F. The van der Waals surface area contributed by atoms with E-state index in [0.717, 1.165) is 19.5 Å². The van der Waals surface area contributed by atoms with Gasteiger partial charge in [0.25, 0.3) is 0 Å². The summed E-state index contributed by atoms with van der Waals surface area (Å²) in [6, 6.07) is 4.74. The van der Waals surface area contributed by atoms with E-state index in [2.05, 4.69) is 26.1 Å². The second-order valence-electron chi connectivity index (χ2n) is 5.10. The smallest absolute Gasteiger partial charge is 0.126 e. The van der Waals surface area contributed by atoms with Gasteiger partial charge in [-0.1, -0.05) is 32.4 Å². The van der Waals surface area contributed by atoms with Gasteiger partial charge < -0.3 is 5.32 Å². The highest BCUT2D eigenvalue weighted by Gasteiger charge is 2.08. The molecule has 0 aliphatic carbocycles. The van der Waals surface area contributed by atoms with Crippen molar-refractivity contribution >= 4 is 11.6 Å². The van der Waals surface area contributed by atoms with Gasteiger partial charge in [-0.2, -0.15) is 0 Å². The Morgan fingerprint density at radius 1 is 1.24 bits per heavy atom. The third-order valence-electron chi connectivity index (χ3n) is 2.62. The van der Waals surface area contributed by atoms with Crippen LogP contribution in [0.4, 0.5) is 4.39 Å². The first-order chi connectivity index (χ1) is 7.99. The third-order valence-corrected chi connectivity index (χ3v) is 2.86. The van der Waals surface area contributed by atoms with Gasteiger partial charge in [0.05, 0.1) is 0 Å². The summed E-state index contributed by atoms with van der Waals surface area (Å²) in [4.78, 5) is 0. The molecule has 96 valence electrons. The van der Waals surface area contributed by atoms with E-state index in [4.69, 9.17) is 11.6 Å². The monoisotopic (exact) mass is 257 g/mol. The summed E-state index contributed by atoms with van der Waals surface area (Å²) in [5, 5.41) is 3.98. The van der Waals surface area contributed by atoms with Gasteiger partial charge in [-0.15, -0.1) is 0 Å². The predicted molar refractivity (Wildman–Crippen MR) is 72.0 cm³/mol. The molecular formula is C14H21ClFN. The molecule has 0 aliphatic heterocycles. The molecule has 0 saturated carbocycles. The first kappa shape index (κ1) is 14.5. The van der Waals surface area contributed by atoms with Crippen LogP contribution in [0.1, 0.15) is 26.3 Å². The first-order valence-electron chi connectivity index (χ1n) is 6.13. The van der Waals surface area contributed by atoms with Gasteiger partial charge in [-0.25, -0.2) is 4.39 Å².